The van der Waals surface area contributed by atoms with Crippen LogP contribution in [-0.2, 0) is 0 Å². The first-order valence-corrected chi connectivity index (χ1v) is 8.66. The van der Waals surface area contributed by atoms with Crippen molar-refractivity contribution in [3.63, 3.8) is 0 Å². The lowest BCUT2D eigenvalue weighted by Gasteiger charge is -2.17. The lowest BCUT2D eigenvalue weighted by atomic mass is 9.98. The molecule has 25 heavy (non-hydrogen) atoms. The topological polar surface area (TPSA) is 48.0 Å². The zero-order valence-electron chi connectivity index (χ0n) is 14.2. The normalized spacial score (nSPS) is 18.4. The SMILES string of the molecule is CCOc1ccc(C(=O)N2CCC(c3ccc4c(c3)OCO4)C2)cc1. The van der Waals surface area contributed by atoms with Crippen LogP contribution in [0.2, 0.25) is 0 Å². The fourth-order valence-electron chi connectivity index (χ4n) is 3.43. The van der Waals surface area contributed by atoms with Crippen LogP contribution in [0.15, 0.2) is 42.5 Å². The number of hydrogen-bond acceptors (Lipinski definition) is 4. The molecule has 0 aliphatic carbocycles. The van der Waals surface area contributed by atoms with Crippen LogP contribution in [0, 0.1) is 0 Å². The summed E-state index contributed by atoms with van der Waals surface area (Å²) in [7, 11) is 0. The number of carbonyl (C=O) groups is 1. The molecule has 0 radical (unpaired) electrons. The fourth-order valence-corrected chi connectivity index (χ4v) is 3.43. The third kappa shape index (κ3) is 3.14. The maximum atomic E-state index is 12.7. The Morgan fingerprint density at radius 3 is 2.76 bits per heavy atom. The van der Waals surface area contributed by atoms with E-state index >= 15 is 0 Å². The summed E-state index contributed by atoms with van der Waals surface area (Å²) in [6, 6.07) is 13.4. The van der Waals surface area contributed by atoms with Gasteiger partial charge < -0.3 is 19.1 Å². The Morgan fingerprint density at radius 1 is 1.16 bits per heavy atom. The van der Waals surface area contributed by atoms with E-state index < -0.39 is 0 Å². The van der Waals surface area contributed by atoms with Gasteiger partial charge in [0.25, 0.3) is 5.91 Å². The lowest BCUT2D eigenvalue weighted by Crippen LogP contribution is -2.28. The largest absolute Gasteiger partial charge is 0.494 e. The summed E-state index contributed by atoms with van der Waals surface area (Å²) in [6.45, 7) is 4.35. The minimum Gasteiger partial charge on any atom is -0.494 e. The maximum absolute atomic E-state index is 12.7. The first-order chi connectivity index (χ1) is 12.2. The molecular formula is C20H21NO4. The predicted octanol–water partition coefficient (Wildman–Crippen LogP) is 3.44. The highest BCUT2D eigenvalue weighted by Crippen LogP contribution is 2.37. The van der Waals surface area contributed by atoms with Gasteiger partial charge in [-0.2, -0.15) is 0 Å². The second-order valence-electron chi connectivity index (χ2n) is 6.31. The summed E-state index contributed by atoms with van der Waals surface area (Å²) in [6.07, 6.45) is 0.961. The first kappa shape index (κ1) is 15.8. The Balaban J connectivity index is 1.44. The highest BCUT2D eigenvalue weighted by atomic mass is 16.7. The summed E-state index contributed by atoms with van der Waals surface area (Å²) in [5, 5.41) is 0. The molecule has 1 fully saturated rings. The number of likely N-dealkylation sites (tertiary alicyclic amines) is 1. The number of rotatable bonds is 4. The van der Waals surface area contributed by atoms with Gasteiger partial charge in [0, 0.05) is 24.6 Å². The van der Waals surface area contributed by atoms with Crippen molar-refractivity contribution in [3.8, 4) is 17.2 Å². The summed E-state index contributed by atoms with van der Waals surface area (Å²) in [4.78, 5) is 14.6. The van der Waals surface area contributed by atoms with Crippen LogP contribution in [0.1, 0.15) is 35.2 Å². The molecule has 0 spiro atoms. The monoisotopic (exact) mass is 339 g/mol. The van der Waals surface area contributed by atoms with Crippen molar-refractivity contribution in [3.05, 3.63) is 53.6 Å². The van der Waals surface area contributed by atoms with Crippen LogP contribution in [0.5, 0.6) is 17.2 Å². The number of hydrogen-bond donors (Lipinski definition) is 0. The second-order valence-corrected chi connectivity index (χ2v) is 6.31. The first-order valence-electron chi connectivity index (χ1n) is 8.66. The lowest BCUT2D eigenvalue weighted by molar-refractivity contribution is 0.0791. The number of ether oxygens (including phenoxy) is 3. The fraction of sp³-hybridized carbons (Fsp3) is 0.350. The van der Waals surface area contributed by atoms with E-state index in [1.54, 1.807) is 0 Å². The molecule has 1 amide bonds. The second kappa shape index (κ2) is 6.67. The molecule has 0 aromatic heterocycles. The Kier molecular flexibility index (Phi) is 4.22. The van der Waals surface area contributed by atoms with Gasteiger partial charge in [-0.05, 0) is 55.3 Å². The molecule has 5 nitrogen and oxygen atoms in total. The minimum absolute atomic E-state index is 0.0753. The average molecular weight is 339 g/mol. The quantitative estimate of drug-likeness (QED) is 0.856. The van der Waals surface area contributed by atoms with Crippen LogP contribution < -0.4 is 14.2 Å². The van der Waals surface area contributed by atoms with Crippen molar-refractivity contribution in [2.75, 3.05) is 26.5 Å². The molecule has 0 bridgehead atoms. The Bertz CT molecular complexity index is 772. The molecule has 5 heteroatoms. The Hall–Kier alpha value is -2.69. The van der Waals surface area contributed by atoms with Gasteiger partial charge >= 0.3 is 0 Å². The van der Waals surface area contributed by atoms with Crippen LogP contribution in [0.4, 0.5) is 0 Å². The van der Waals surface area contributed by atoms with Crippen LogP contribution in [0.25, 0.3) is 0 Å². The van der Waals surface area contributed by atoms with Crippen molar-refractivity contribution in [2.45, 2.75) is 19.3 Å². The number of benzene rings is 2. The van der Waals surface area contributed by atoms with E-state index in [2.05, 4.69) is 6.07 Å². The highest BCUT2D eigenvalue weighted by Gasteiger charge is 2.29. The van der Waals surface area contributed by atoms with E-state index in [0.29, 0.717) is 18.1 Å². The molecule has 2 heterocycles. The van der Waals surface area contributed by atoms with Gasteiger partial charge in [-0.25, -0.2) is 0 Å². The maximum Gasteiger partial charge on any atom is 0.253 e. The Morgan fingerprint density at radius 2 is 1.96 bits per heavy atom. The standard InChI is InChI=1S/C20H21NO4/c1-2-23-17-6-3-14(4-7-17)20(22)21-10-9-16(12-21)15-5-8-18-19(11-15)25-13-24-18/h3-8,11,16H,2,9-10,12-13H2,1H3. The van der Waals surface area contributed by atoms with Crippen molar-refractivity contribution >= 4 is 5.91 Å². The molecule has 2 aromatic rings. The van der Waals surface area contributed by atoms with E-state index in [4.69, 9.17) is 14.2 Å². The molecule has 0 saturated carbocycles. The molecule has 4 rings (SSSR count). The molecule has 2 aromatic carbocycles. The summed E-state index contributed by atoms with van der Waals surface area (Å²) in [5.74, 6) is 2.80. The Labute approximate surface area is 147 Å². The molecule has 0 N–H and O–H groups in total. The third-order valence-corrected chi connectivity index (χ3v) is 4.76. The van der Waals surface area contributed by atoms with Gasteiger partial charge in [0.15, 0.2) is 11.5 Å². The molecule has 1 atom stereocenters. The van der Waals surface area contributed by atoms with E-state index in [9.17, 15) is 4.79 Å². The van der Waals surface area contributed by atoms with Gasteiger partial charge in [-0.15, -0.1) is 0 Å². The summed E-state index contributed by atoms with van der Waals surface area (Å²) < 4.78 is 16.3. The summed E-state index contributed by atoms with van der Waals surface area (Å²) in [5.41, 5.74) is 1.90. The molecule has 1 saturated heterocycles. The minimum atomic E-state index is 0.0753. The molecule has 2 aliphatic heterocycles. The zero-order chi connectivity index (χ0) is 17.2. The van der Waals surface area contributed by atoms with E-state index in [1.165, 1.54) is 5.56 Å². The smallest absolute Gasteiger partial charge is 0.253 e. The van der Waals surface area contributed by atoms with Crippen LogP contribution in [0.3, 0.4) is 0 Å². The molecule has 1 unspecified atom stereocenters. The van der Waals surface area contributed by atoms with E-state index in [0.717, 1.165) is 36.8 Å². The molecule has 2 aliphatic rings. The van der Waals surface area contributed by atoms with Gasteiger partial charge in [0.2, 0.25) is 6.79 Å². The van der Waals surface area contributed by atoms with E-state index in [-0.39, 0.29) is 12.7 Å². The van der Waals surface area contributed by atoms with Crippen molar-refractivity contribution in [2.24, 2.45) is 0 Å². The van der Waals surface area contributed by atoms with Crippen molar-refractivity contribution in [1.82, 2.24) is 4.90 Å². The number of nitrogens with zero attached hydrogens (tertiary/aromatic N) is 1. The van der Waals surface area contributed by atoms with Crippen molar-refractivity contribution in [1.29, 1.82) is 0 Å². The van der Waals surface area contributed by atoms with Crippen molar-refractivity contribution < 1.29 is 19.0 Å². The molecular weight excluding hydrogens is 318 g/mol. The van der Waals surface area contributed by atoms with Gasteiger partial charge in [-0.1, -0.05) is 6.07 Å². The average Bonchev–Trinajstić information content (AvgIpc) is 3.31. The van der Waals surface area contributed by atoms with E-state index in [1.807, 2.05) is 48.2 Å². The van der Waals surface area contributed by atoms with Gasteiger partial charge in [-0.3, -0.25) is 4.79 Å². The predicted molar refractivity (Wildman–Crippen MR) is 93.4 cm³/mol. The third-order valence-electron chi connectivity index (χ3n) is 4.76. The van der Waals surface area contributed by atoms with Gasteiger partial charge in [0.05, 0.1) is 6.61 Å². The zero-order valence-corrected chi connectivity index (χ0v) is 14.2. The summed E-state index contributed by atoms with van der Waals surface area (Å²) >= 11 is 0. The number of carbonyl (C=O) groups excluding carboxylic acids is 1. The highest BCUT2D eigenvalue weighted by molar-refractivity contribution is 5.94. The number of amides is 1. The van der Waals surface area contributed by atoms with Crippen LogP contribution in [-0.4, -0.2) is 37.3 Å². The number of fused-ring (bicyclic) bond motifs is 1. The van der Waals surface area contributed by atoms with Crippen LogP contribution >= 0.6 is 0 Å². The molecule has 130 valence electrons. The van der Waals surface area contributed by atoms with Gasteiger partial charge in [0.1, 0.15) is 5.75 Å².